The van der Waals surface area contributed by atoms with Crippen molar-refractivity contribution in [3.05, 3.63) is 78.1 Å². The lowest BCUT2D eigenvalue weighted by molar-refractivity contribution is 0.0947. The molecule has 284 valence electrons. The van der Waals surface area contributed by atoms with Gasteiger partial charge < -0.3 is 19.9 Å². The number of nitrogens with zero attached hydrogens (tertiary/aromatic N) is 2. The van der Waals surface area contributed by atoms with Gasteiger partial charge >= 0.3 is 0 Å². The maximum absolute atomic E-state index is 5.38. The van der Waals surface area contributed by atoms with Gasteiger partial charge in [0.1, 0.15) is 0 Å². The zero-order chi connectivity index (χ0) is 37.5. The van der Waals surface area contributed by atoms with Gasteiger partial charge in [0.25, 0.3) is 0 Å². The molecule has 2 aliphatic heterocycles. The Morgan fingerprint density at radius 1 is 0.980 bits per heavy atom. The third-order valence-corrected chi connectivity index (χ3v) is 8.43. The minimum atomic E-state index is 0.344. The number of hydrogen-bond acceptors (Lipinski definition) is 4. The number of piperidine rings is 1. The third kappa shape index (κ3) is 27.0. The number of hydrogen-bond donors (Lipinski definition) is 1. The predicted molar refractivity (Wildman–Crippen MR) is 222 cm³/mol. The highest BCUT2D eigenvalue weighted by Gasteiger charge is 2.19. The van der Waals surface area contributed by atoms with Gasteiger partial charge in [-0.2, -0.15) is 0 Å². The number of nitrogens with one attached hydrogen (secondary N) is 1. The van der Waals surface area contributed by atoms with Gasteiger partial charge in [-0.15, -0.1) is 5.73 Å². The second-order valence-electron chi connectivity index (χ2n) is 14.0. The Kier molecular flexibility index (Phi) is 32.6. The molecule has 0 amide bonds. The minimum Gasteiger partial charge on any atom is -0.480 e. The molecule has 0 aromatic rings. The van der Waals surface area contributed by atoms with Crippen molar-refractivity contribution in [2.24, 2.45) is 11.8 Å². The first-order chi connectivity index (χ1) is 23.5. The highest BCUT2D eigenvalue weighted by atomic mass is 16.5. The molecule has 0 radical (unpaired) electrons. The van der Waals surface area contributed by atoms with Crippen LogP contribution in [0.25, 0.3) is 0 Å². The molecule has 1 N–H and O–H groups in total. The molecule has 2 heterocycles. The van der Waals surface area contributed by atoms with Crippen molar-refractivity contribution in [2.75, 3.05) is 39.3 Å². The fourth-order valence-corrected chi connectivity index (χ4v) is 5.98. The van der Waals surface area contributed by atoms with Gasteiger partial charge in [0.15, 0.2) is 5.88 Å². The monoisotopic (exact) mass is 682 g/mol. The van der Waals surface area contributed by atoms with E-state index in [1.54, 1.807) is 5.57 Å². The summed E-state index contributed by atoms with van der Waals surface area (Å²) in [6.07, 6.45) is 23.7. The average molecular weight is 682 g/mol. The Morgan fingerprint density at radius 2 is 1.59 bits per heavy atom. The highest BCUT2D eigenvalue weighted by molar-refractivity contribution is 5.30. The summed E-state index contributed by atoms with van der Waals surface area (Å²) in [5.41, 5.74) is 8.72. The van der Waals surface area contributed by atoms with E-state index in [-0.39, 0.29) is 0 Å². The van der Waals surface area contributed by atoms with Crippen LogP contribution in [0.2, 0.25) is 0 Å². The molecule has 0 unspecified atom stereocenters. The Morgan fingerprint density at radius 3 is 2.06 bits per heavy atom. The zero-order valence-corrected chi connectivity index (χ0v) is 34.7. The van der Waals surface area contributed by atoms with Crippen molar-refractivity contribution in [3.8, 4) is 0 Å². The molecule has 1 atom stereocenters. The number of rotatable bonds is 15. The molecular weight excluding hydrogens is 599 g/mol. The number of allylic oxidation sites excluding steroid dienone is 5. The first-order valence-corrected chi connectivity index (χ1v) is 20.2. The second kappa shape index (κ2) is 32.8. The summed E-state index contributed by atoms with van der Waals surface area (Å²) in [7, 11) is 0. The Balaban J connectivity index is 0. The Hall–Kier alpha value is -2.42. The summed E-state index contributed by atoms with van der Waals surface area (Å²) in [5, 5.41) is 3.49. The Labute approximate surface area is 307 Å². The fourth-order valence-electron chi connectivity index (χ4n) is 5.98. The Bertz CT molecular complexity index is 967. The third-order valence-electron chi connectivity index (χ3n) is 8.43. The van der Waals surface area contributed by atoms with E-state index in [1.165, 1.54) is 89.4 Å². The molecule has 3 rings (SSSR count). The molecule has 0 aromatic carbocycles. The van der Waals surface area contributed by atoms with E-state index in [9.17, 15) is 0 Å². The van der Waals surface area contributed by atoms with E-state index >= 15 is 0 Å². The van der Waals surface area contributed by atoms with Crippen LogP contribution in [0, 0.1) is 11.8 Å². The number of ether oxygens (including phenoxy) is 1. The average Bonchev–Trinajstić information content (AvgIpc) is 3.53. The standard InChI is InChI=1S/C22H36N2.C11H21NO.C7H12.C3H8.C2H6/c1-18(2)16-20-11-9-12-22(23-19(3)4)17-21(20)10-5-6-13-24-14-7-8-15-24;1-4-11-6-8-12(9-7-11)10(3)13-5-2;1-4-5-6-7(2)3;1-3-2;1-2/h11-12,18,22-23H,3,5-8,10,13-17H2,1-2,4H3;11H,3-9H2,1-2H3;5-6H,2,4H2,1,3H3;3H2,1-2H3;1-2H3/b;;6-5-;;/t22-;;;;/m0..../s1. The van der Waals surface area contributed by atoms with Crippen molar-refractivity contribution in [1.29, 1.82) is 0 Å². The molecule has 4 nitrogen and oxygen atoms in total. The quantitative estimate of drug-likeness (QED) is 0.0806. The summed E-state index contributed by atoms with van der Waals surface area (Å²) in [5.74, 6) is 2.48. The summed E-state index contributed by atoms with van der Waals surface area (Å²) < 4.78 is 5.38. The second-order valence-corrected chi connectivity index (χ2v) is 14.0. The molecular formula is C45H83N3O. The number of unbranched alkanes of at least 4 members (excludes halogenated alkanes) is 1. The van der Waals surface area contributed by atoms with Gasteiger partial charge in [0, 0.05) is 18.8 Å². The molecule has 49 heavy (non-hydrogen) atoms. The normalized spacial score (nSPS) is 17.5. The first-order valence-electron chi connectivity index (χ1n) is 20.2. The lowest BCUT2D eigenvalue weighted by atomic mass is 9.92. The van der Waals surface area contributed by atoms with Crippen molar-refractivity contribution >= 4 is 0 Å². The van der Waals surface area contributed by atoms with Crippen LogP contribution in [0.15, 0.2) is 78.1 Å². The lowest BCUT2D eigenvalue weighted by Gasteiger charge is -2.33. The first kappa shape index (κ1) is 48.7. The van der Waals surface area contributed by atoms with Crippen LogP contribution in [-0.2, 0) is 4.74 Å². The summed E-state index contributed by atoms with van der Waals surface area (Å²) in [6, 6.07) is 0.344. The van der Waals surface area contributed by atoms with Gasteiger partial charge in [-0.1, -0.05) is 105 Å². The SMILES string of the molecule is C=C(C)/C=C\CC.C=C(C)N[C@H]1C=C=CC(CC(C)C)=C(CCCCN2CCCC2)C1.C=C(OCC)N1CCC(CC)CC1.CC.CCC. The van der Waals surface area contributed by atoms with Crippen molar-refractivity contribution < 1.29 is 4.74 Å². The van der Waals surface area contributed by atoms with Gasteiger partial charge in [0.2, 0.25) is 0 Å². The van der Waals surface area contributed by atoms with Crippen LogP contribution < -0.4 is 5.32 Å². The van der Waals surface area contributed by atoms with Crippen LogP contribution in [0.1, 0.15) is 153 Å². The summed E-state index contributed by atoms with van der Waals surface area (Å²) in [4.78, 5) is 4.89. The fraction of sp³-hybridized carbons (Fsp3) is 0.711. The summed E-state index contributed by atoms with van der Waals surface area (Å²) in [6.45, 7) is 41.8. The molecule has 2 saturated heterocycles. The highest BCUT2D eigenvalue weighted by Crippen LogP contribution is 2.27. The van der Waals surface area contributed by atoms with Crippen LogP contribution in [0.4, 0.5) is 0 Å². The zero-order valence-electron chi connectivity index (χ0n) is 34.7. The van der Waals surface area contributed by atoms with Crippen molar-refractivity contribution in [3.63, 3.8) is 0 Å². The molecule has 0 bridgehead atoms. The van der Waals surface area contributed by atoms with E-state index in [2.05, 4.69) is 100 Å². The lowest BCUT2D eigenvalue weighted by Crippen LogP contribution is -2.33. The van der Waals surface area contributed by atoms with Crippen LogP contribution in [0.3, 0.4) is 0 Å². The maximum Gasteiger partial charge on any atom is 0.181 e. The minimum absolute atomic E-state index is 0.344. The summed E-state index contributed by atoms with van der Waals surface area (Å²) >= 11 is 0. The maximum atomic E-state index is 5.38. The van der Waals surface area contributed by atoms with Crippen molar-refractivity contribution in [1.82, 2.24) is 15.1 Å². The van der Waals surface area contributed by atoms with Crippen molar-refractivity contribution in [2.45, 2.75) is 159 Å². The molecule has 3 aliphatic rings. The van der Waals surface area contributed by atoms with Gasteiger partial charge in [0.05, 0.1) is 12.6 Å². The van der Waals surface area contributed by atoms with E-state index < -0.39 is 0 Å². The largest absolute Gasteiger partial charge is 0.480 e. The van der Waals surface area contributed by atoms with Crippen LogP contribution >= 0.6 is 0 Å². The molecule has 4 heteroatoms. The predicted octanol–water partition coefficient (Wildman–Crippen LogP) is 12.8. The molecule has 0 spiro atoms. The molecule has 0 saturated carbocycles. The molecule has 2 fully saturated rings. The molecule has 0 aromatic heterocycles. The molecule has 1 aliphatic carbocycles. The van der Waals surface area contributed by atoms with Gasteiger partial charge in [-0.3, -0.25) is 0 Å². The van der Waals surface area contributed by atoms with Crippen LogP contribution in [-0.4, -0.2) is 55.2 Å². The van der Waals surface area contributed by atoms with E-state index in [0.29, 0.717) is 12.0 Å². The van der Waals surface area contributed by atoms with Crippen LogP contribution in [0.5, 0.6) is 0 Å². The topological polar surface area (TPSA) is 27.7 Å². The number of likely N-dealkylation sites (tertiary alicyclic amines) is 2. The smallest absolute Gasteiger partial charge is 0.181 e. The van der Waals surface area contributed by atoms with E-state index in [1.807, 2.05) is 40.7 Å². The van der Waals surface area contributed by atoms with Gasteiger partial charge in [-0.25, -0.2) is 0 Å². The van der Waals surface area contributed by atoms with E-state index in [0.717, 1.165) is 55.6 Å². The van der Waals surface area contributed by atoms with E-state index in [4.69, 9.17) is 4.74 Å². The van der Waals surface area contributed by atoms with Gasteiger partial charge in [-0.05, 0) is 141 Å².